The molecular weight excluding hydrogens is 219 g/mol. The molecule has 3 nitrogen and oxygen atoms in total. The highest BCUT2D eigenvalue weighted by molar-refractivity contribution is 5.84. The molecule has 0 radical (unpaired) electrons. The topological polar surface area (TPSA) is 52.9 Å². The molecule has 0 fully saturated rings. The Labute approximate surface area is 100 Å². The number of amides is 1. The number of hydrogen-bond acceptors (Lipinski definition) is 2. The summed E-state index contributed by atoms with van der Waals surface area (Å²) in [4.78, 5) is 11.8. The molecule has 0 spiro atoms. The Morgan fingerprint density at radius 1 is 1.59 bits per heavy atom. The third-order valence-electron chi connectivity index (χ3n) is 2.80. The molecule has 1 atom stereocenters. The molecule has 1 N–H and O–H groups in total. The van der Waals surface area contributed by atoms with Gasteiger partial charge < -0.3 is 5.32 Å². The third kappa shape index (κ3) is 3.28. The molecule has 0 bridgehead atoms. The second-order valence-electron chi connectivity index (χ2n) is 4.11. The molecule has 4 heteroatoms. The number of rotatable bonds is 4. The first kappa shape index (κ1) is 13.2. The zero-order valence-corrected chi connectivity index (χ0v) is 9.96. The van der Waals surface area contributed by atoms with Gasteiger partial charge in [0.05, 0.1) is 6.07 Å². The summed E-state index contributed by atoms with van der Waals surface area (Å²) in [6.07, 6.45) is 0.443. The van der Waals surface area contributed by atoms with E-state index in [2.05, 4.69) is 5.32 Å². The molecule has 0 aromatic heterocycles. The van der Waals surface area contributed by atoms with Crippen molar-refractivity contribution in [2.45, 2.75) is 26.8 Å². The summed E-state index contributed by atoms with van der Waals surface area (Å²) in [5.74, 6) is -0.665. The van der Waals surface area contributed by atoms with Gasteiger partial charge in [0, 0.05) is 6.54 Å². The minimum Gasteiger partial charge on any atom is -0.351 e. The maximum Gasteiger partial charge on any atom is 0.240 e. The van der Waals surface area contributed by atoms with Crippen LogP contribution in [0.5, 0.6) is 0 Å². The predicted molar refractivity (Wildman–Crippen MR) is 62.3 cm³/mol. The number of nitrogens with zero attached hydrogens (tertiary/aromatic N) is 1. The third-order valence-corrected chi connectivity index (χ3v) is 2.80. The lowest BCUT2D eigenvalue weighted by molar-refractivity contribution is -0.127. The highest BCUT2D eigenvalue weighted by Crippen LogP contribution is 2.19. The summed E-state index contributed by atoms with van der Waals surface area (Å²) in [6, 6.07) is 8.00. The molecule has 0 saturated heterocycles. The molecule has 1 unspecified atom stereocenters. The molecule has 17 heavy (non-hydrogen) atoms. The van der Waals surface area contributed by atoms with Crippen LogP contribution in [0.1, 0.15) is 25.8 Å². The fraction of sp³-hybridized carbons (Fsp3) is 0.385. The van der Waals surface area contributed by atoms with Gasteiger partial charge in [0.1, 0.15) is 11.2 Å². The van der Waals surface area contributed by atoms with Gasteiger partial charge in [-0.05, 0) is 31.0 Å². The van der Waals surface area contributed by atoms with Crippen LogP contribution in [0.2, 0.25) is 0 Å². The Kier molecular flexibility index (Phi) is 4.22. The van der Waals surface area contributed by atoms with Gasteiger partial charge in [-0.3, -0.25) is 4.79 Å². The molecule has 0 saturated carbocycles. The number of nitriles is 1. The molecule has 1 aromatic rings. The normalized spacial score (nSPS) is 13.5. The van der Waals surface area contributed by atoms with Crippen LogP contribution >= 0.6 is 0 Å². The maximum absolute atomic E-state index is 12.9. The number of carbonyl (C=O) groups is 1. The van der Waals surface area contributed by atoms with Crippen LogP contribution in [0.15, 0.2) is 24.3 Å². The van der Waals surface area contributed by atoms with Crippen molar-refractivity contribution in [1.29, 1.82) is 5.26 Å². The lowest BCUT2D eigenvalue weighted by Gasteiger charge is -2.18. The number of carbonyl (C=O) groups excluding carboxylic acids is 1. The van der Waals surface area contributed by atoms with Gasteiger partial charge in [0.2, 0.25) is 5.91 Å². The molecule has 0 aliphatic rings. The van der Waals surface area contributed by atoms with Gasteiger partial charge >= 0.3 is 0 Å². The van der Waals surface area contributed by atoms with Gasteiger partial charge in [-0.25, -0.2) is 4.39 Å². The Morgan fingerprint density at radius 2 is 2.29 bits per heavy atom. The maximum atomic E-state index is 12.9. The van der Waals surface area contributed by atoms with Crippen LogP contribution in [0.3, 0.4) is 0 Å². The first-order chi connectivity index (χ1) is 8.01. The van der Waals surface area contributed by atoms with Crippen molar-refractivity contribution in [2.24, 2.45) is 5.41 Å². The summed E-state index contributed by atoms with van der Waals surface area (Å²) >= 11 is 0. The minimum atomic E-state index is -1.02. The smallest absolute Gasteiger partial charge is 0.240 e. The van der Waals surface area contributed by atoms with Crippen molar-refractivity contribution >= 4 is 5.91 Å². The Morgan fingerprint density at radius 3 is 2.82 bits per heavy atom. The van der Waals surface area contributed by atoms with Gasteiger partial charge in [0.25, 0.3) is 0 Å². The number of halogens is 1. The zero-order valence-electron chi connectivity index (χ0n) is 9.96. The van der Waals surface area contributed by atoms with Crippen LogP contribution in [-0.4, -0.2) is 5.91 Å². The summed E-state index contributed by atoms with van der Waals surface area (Å²) < 4.78 is 12.9. The average Bonchev–Trinajstić information content (AvgIpc) is 2.35. The van der Waals surface area contributed by atoms with E-state index in [1.807, 2.05) is 6.07 Å². The summed E-state index contributed by atoms with van der Waals surface area (Å²) in [6.45, 7) is 3.60. The molecule has 0 aliphatic carbocycles. The van der Waals surface area contributed by atoms with Crippen LogP contribution in [0.4, 0.5) is 4.39 Å². The average molecular weight is 234 g/mol. The summed E-state index contributed by atoms with van der Waals surface area (Å²) in [7, 11) is 0. The predicted octanol–water partition coefficient (Wildman–Crippen LogP) is 2.38. The highest BCUT2D eigenvalue weighted by atomic mass is 19.1. The number of hydrogen-bond donors (Lipinski definition) is 1. The molecule has 0 aliphatic heterocycles. The summed E-state index contributed by atoms with van der Waals surface area (Å²) in [5.41, 5.74) is -0.345. The van der Waals surface area contributed by atoms with Gasteiger partial charge in [-0.15, -0.1) is 0 Å². The standard InChI is InChI=1S/C13H15FN2O/c1-3-13(2,9-15)12(17)16-8-10-5-4-6-11(14)7-10/h4-7H,3,8H2,1-2H3,(H,16,17). The Hall–Kier alpha value is -1.89. The van der Waals surface area contributed by atoms with Gasteiger partial charge in [-0.1, -0.05) is 19.1 Å². The van der Waals surface area contributed by atoms with Crippen molar-refractivity contribution in [3.8, 4) is 6.07 Å². The minimum absolute atomic E-state index is 0.230. The van der Waals surface area contributed by atoms with Crippen molar-refractivity contribution in [1.82, 2.24) is 5.32 Å². The first-order valence-corrected chi connectivity index (χ1v) is 5.46. The monoisotopic (exact) mass is 234 g/mol. The Bertz CT molecular complexity index is 453. The van der Waals surface area contributed by atoms with E-state index >= 15 is 0 Å². The molecule has 0 heterocycles. The first-order valence-electron chi connectivity index (χ1n) is 5.46. The van der Waals surface area contributed by atoms with E-state index in [0.717, 1.165) is 0 Å². The van der Waals surface area contributed by atoms with Crippen LogP contribution in [0, 0.1) is 22.6 Å². The second-order valence-corrected chi connectivity index (χ2v) is 4.11. The molecule has 90 valence electrons. The second kappa shape index (κ2) is 5.44. The fourth-order valence-electron chi connectivity index (χ4n) is 1.31. The molecule has 1 rings (SSSR count). The van der Waals surface area contributed by atoms with Crippen LogP contribution < -0.4 is 5.32 Å². The zero-order chi connectivity index (χ0) is 12.9. The molecule has 1 aromatic carbocycles. The largest absolute Gasteiger partial charge is 0.351 e. The number of benzene rings is 1. The van der Waals surface area contributed by atoms with Crippen molar-refractivity contribution in [3.63, 3.8) is 0 Å². The van der Waals surface area contributed by atoms with E-state index in [1.54, 1.807) is 26.0 Å². The SMILES string of the molecule is CCC(C)(C#N)C(=O)NCc1cccc(F)c1. The molecular formula is C13H15FN2O. The van der Waals surface area contributed by atoms with E-state index in [9.17, 15) is 9.18 Å². The van der Waals surface area contributed by atoms with Crippen molar-refractivity contribution < 1.29 is 9.18 Å². The molecule has 1 amide bonds. The van der Waals surface area contributed by atoms with Gasteiger partial charge in [-0.2, -0.15) is 5.26 Å². The lowest BCUT2D eigenvalue weighted by Crippen LogP contribution is -2.37. The van der Waals surface area contributed by atoms with Crippen LogP contribution in [0.25, 0.3) is 0 Å². The fourth-order valence-corrected chi connectivity index (χ4v) is 1.31. The van der Waals surface area contributed by atoms with Crippen molar-refractivity contribution in [2.75, 3.05) is 0 Å². The van der Waals surface area contributed by atoms with E-state index < -0.39 is 5.41 Å². The lowest BCUT2D eigenvalue weighted by atomic mass is 9.88. The van der Waals surface area contributed by atoms with Crippen LogP contribution in [-0.2, 0) is 11.3 Å². The van der Waals surface area contributed by atoms with E-state index in [0.29, 0.717) is 12.0 Å². The summed E-state index contributed by atoms with van der Waals surface area (Å²) in [5, 5.41) is 11.6. The Balaban J connectivity index is 2.63. The van der Waals surface area contributed by atoms with E-state index in [-0.39, 0.29) is 18.3 Å². The number of nitrogens with one attached hydrogen (secondary N) is 1. The van der Waals surface area contributed by atoms with Gasteiger partial charge in [0.15, 0.2) is 0 Å². The van der Waals surface area contributed by atoms with E-state index in [4.69, 9.17) is 5.26 Å². The quantitative estimate of drug-likeness (QED) is 0.869. The van der Waals surface area contributed by atoms with E-state index in [1.165, 1.54) is 12.1 Å². The van der Waals surface area contributed by atoms with Crippen molar-refractivity contribution in [3.05, 3.63) is 35.6 Å². The highest BCUT2D eigenvalue weighted by Gasteiger charge is 2.30.